The van der Waals surface area contributed by atoms with Gasteiger partial charge >= 0.3 is 6.18 Å². The number of hydrogen-bond acceptors (Lipinski definition) is 7. The molecule has 3 N–H and O–H groups in total. The summed E-state index contributed by atoms with van der Waals surface area (Å²) < 4.78 is 75.6. The van der Waals surface area contributed by atoms with Gasteiger partial charge < -0.3 is 25.8 Å². The molecule has 0 aromatic heterocycles. The largest absolute Gasteiger partial charge is 0.457 e. The zero-order valence-corrected chi connectivity index (χ0v) is 29.7. The minimum atomic E-state index is -4.26. The van der Waals surface area contributed by atoms with Gasteiger partial charge in [0, 0.05) is 49.9 Å². The Morgan fingerprint density at radius 1 is 1.04 bits per heavy atom. The first kappa shape index (κ1) is 39.0. The number of nitrogens with one attached hydrogen (secondary N) is 3. The summed E-state index contributed by atoms with van der Waals surface area (Å²) in [6, 6.07) is 8.09. The summed E-state index contributed by atoms with van der Waals surface area (Å²) in [6.45, 7) is 6.34. The number of allylic oxidation sites excluding steroid dienone is 2. The van der Waals surface area contributed by atoms with Crippen molar-refractivity contribution in [1.82, 2.24) is 20.0 Å². The van der Waals surface area contributed by atoms with Crippen LogP contribution in [-0.4, -0.2) is 102 Å². The zero-order chi connectivity index (χ0) is 37.7. The van der Waals surface area contributed by atoms with Gasteiger partial charge in [0.1, 0.15) is 23.5 Å². The average Bonchev–Trinajstić information content (AvgIpc) is 3.40. The molecule has 2 aromatic carbocycles. The summed E-state index contributed by atoms with van der Waals surface area (Å²) in [7, 11) is 0. The Morgan fingerprint density at radius 3 is 2.33 bits per heavy atom. The molecule has 5 rings (SSSR count). The first-order valence-corrected chi connectivity index (χ1v) is 17.8. The highest BCUT2D eigenvalue weighted by atomic mass is 19.4. The highest BCUT2D eigenvalue weighted by Gasteiger charge is 2.37. The second kappa shape index (κ2) is 16.7. The standard InChI is InChI=1S/C38H47F5N6O3/c1-23(2)32(44)8-9-33(45)25-4-6-28(7-5-25)52-35-18-29(30(39)17-26(35)20-49-19-24(3)16-36(49)50)37(51)46-34-12-15-48(21-31(34)40)27-10-13-47(14-11-27)22-38(41,42)43/h4-9,17-18,23-24,27,31,34,44-45H,10-16,19-22H2,1-3H3,(H,46,51)/b9-8-,44-32?,45-33?/t24-,31-,34+/m0/s1. The van der Waals surface area contributed by atoms with Gasteiger partial charge in [0.25, 0.3) is 5.91 Å². The fourth-order valence-electron chi connectivity index (χ4n) is 6.97. The van der Waals surface area contributed by atoms with Crippen LogP contribution in [0.3, 0.4) is 0 Å². The Balaban J connectivity index is 1.27. The quantitative estimate of drug-likeness (QED) is 0.165. The van der Waals surface area contributed by atoms with Crippen molar-refractivity contribution in [1.29, 1.82) is 10.8 Å². The van der Waals surface area contributed by atoms with E-state index >= 15 is 8.78 Å². The van der Waals surface area contributed by atoms with Gasteiger partial charge in [0.05, 0.1) is 23.9 Å². The molecule has 3 saturated heterocycles. The molecule has 3 aliphatic heterocycles. The molecule has 0 saturated carbocycles. The van der Waals surface area contributed by atoms with Crippen LogP contribution in [0.4, 0.5) is 22.0 Å². The van der Waals surface area contributed by atoms with Crippen LogP contribution in [0, 0.1) is 28.5 Å². The van der Waals surface area contributed by atoms with Gasteiger partial charge in [-0.1, -0.05) is 20.8 Å². The van der Waals surface area contributed by atoms with Crippen molar-refractivity contribution in [2.75, 3.05) is 39.3 Å². The smallest absolute Gasteiger partial charge is 0.401 e. The lowest BCUT2D eigenvalue weighted by Gasteiger charge is -2.43. The van der Waals surface area contributed by atoms with Crippen LogP contribution >= 0.6 is 0 Å². The minimum Gasteiger partial charge on any atom is -0.457 e. The number of ether oxygens (including phenoxy) is 1. The van der Waals surface area contributed by atoms with Gasteiger partial charge in [-0.2, -0.15) is 13.2 Å². The maximum Gasteiger partial charge on any atom is 0.401 e. The van der Waals surface area contributed by atoms with Crippen molar-refractivity contribution >= 4 is 23.2 Å². The molecule has 0 aliphatic carbocycles. The van der Waals surface area contributed by atoms with Gasteiger partial charge in [-0.15, -0.1) is 0 Å². The molecule has 0 radical (unpaired) electrons. The van der Waals surface area contributed by atoms with Crippen LogP contribution in [-0.2, 0) is 11.3 Å². The van der Waals surface area contributed by atoms with Crippen LogP contribution in [0.2, 0.25) is 0 Å². The van der Waals surface area contributed by atoms with Gasteiger partial charge in [0.2, 0.25) is 5.91 Å². The second-order valence-electron chi connectivity index (χ2n) is 14.5. The Hall–Kier alpha value is -4.17. The van der Waals surface area contributed by atoms with E-state index < -0.39 is 36.7 Å². The Bertz CT molecular complexity index is 1660. The number of halogens is 5. The molecule has 0 spiro atoms. The molecule has 3 aliphatic rings. The number of amides is 2. The van der Waals surface area contributed by atoms with E-state index in [0.29, 0.717) is 54.9 Å². The van der Waals surface area contributed by atoms with Crippen LogP contribution < -0.4 is 10.1 Å². The van der Waals surface area contributed by atoms with Crippen molar-refractivity contribution in [3.8, 4) is 11.5 Å². The number of piperidine rings is 2. The molecular formula is C38H47F5N6O3. The van der Waals surface area contributed by atoms with E-state index in [1.807, 2.05) is 25.7 Å². The fraction of sp³-hybridized carbons (Fsp3) is 0.526. The van der Waals surface area contributed by atoms with Crippen molar-refractivity contribution < 1.29 is 36.3 Å². The Morgan fingerprint density at radius 2 is 1.73 bits per heavy atom. The number of rotatable bonds is 12. The minimum absolute atomic E-state index is 0.0104. The zero-order valence-electron chi connectivity index (χ0n) is 29.7. The number of carbonyl (C=O) groups excluding carboxylic acids is 2. The summed E-state index contributed by atoms with van der Waals surface area (Å²) in [5.74, 6) is -1.08. The first-order chi connectivity index (χ1) is 24.6. The lowest BCUT2D eigenvalue weighted by molar-refractivity contribution is -0.149. The highest BCUT2D eigenvalue weighted by Crippen LogP contribution is 2.32. The van der Waals surface area contributed by atoms with E-state index in [-0.39, 0.29) is 73.4 Å². The number of nitrogens with zero attached hydrogens (tertiary/aromatic N) is 3. The third-order valence-corrected chi connectivity index (χ3v) is 9.97. The maximum absolute atomic E-state index is 15.6. The Labute approximate surface area is 301 Å². The average molecular weight is 731 g/mol. The summed E-state index contributed by atoms with van der Waals surface area (Å²) >= 11 is 0. The van der Waals surface area contributed by atoms with Crippen molar-refractivity contribution in [2.45, 2.75) is 77.4 Å². The number of alkyl halides is 4. The Kier molecular flexibility index (Phi) is 12.5. The van der Waals surface area contributed by atoms with Gasteiger partial charge in [0.15, 0.2) is 0 Å². The molecule has 2 amide bonds. The summed E-state index contributed by atoms with van der Waals surface area (Å²) in [6.07, 6.45) is -0.981. The maximum atomic E-state index is 15.6. The summed E-state index contributed by atoms with van der Waals surface area (Å²) in [5.41, 5.74) is 1.18. The number of likely N-dealkylation sites (tertiary alicyclic amines) is 3. The van der Waals surface area contributed by atoms with Gasteiger partial charge in [-0.05, 0) is 98.3 Å². The van der Waals surface area contributed by atoms with E-state index in [9.17, 15) is 22.8 Å². The highest BCUT2D eigenvalue weighted by molar-refractivity contribution is 6.10. The van der Waals surface area contributed by atoms with Crippen molar-refractivity contribution in [2.24, 2.45) is 11.8 Å². The molecular weight excluding hydrogens is 683 g/mol. The number of hydrogen-bond donors (Lipinski definition) is 3. The van der Waals surface area contributed by atoms with E-state index in [1.165, 1.54) is 17.0 Å². The third-order valence-electron chi connectivity index (χ3n) is 9.97. The topological polar surface area (TPSA) is 113 Å². The second-order valence-corrected chi connectivity index (χ2v) is 14.5. The molecule has 282 valence electrons. The molecule has 3 heterocycles. The summed E-state index contributed by atoms with van der Waals surface area (Å²) in [4.78, 5) is 30.9. The third kappa shape index (κ3) is 10.2. The molecule has 0 unspecified atom stereocenters. The van der Waals surface area contributed by atoms with E-state index in [0.717, 1.165) is 0 Å². The van der Waals surface area contributed by atoms with Gasteiger partial charge in [-0.25, -0.2) is 8.78 Å². The fourth-order valence-corrected chi connectivity index (χ4v) is 6.97. The lowest BCUT2D eigenvalue weighted by Crippen LogP contribution is -2.56. The number of carbonyl (C=O) groups is 2. The molecule has 3 atom stereocenters. The molecule has 52 heavy (non-hydrogen) atoms. The van der Waals surface area contributed by atoms with Crippen molar-refractivity contribution in [3.63, 3.8) is 0 Å². The molecule has 9 nitrogen and oxygen atoms in total. The molecule has 2 aromatic rings. The first-order valence-electron chi connectivity index (χ1n) is 17.8. The molecule has 14 heteroatoms. The van der Waals surface area contributed by atoms with Gasteiger partial charge in [-0.3, -0.25) is 19.4 Å². The monoisotopic (exact) mass is 730 g/mol. The van der Waals surface area contributed by atoms with E-state index in [2.05, 4.69) is 5.32 Å². The molecule has 0 bridgehead atoms. The van der Waals surface area contributed by atoms with Crippen LogP contribution in [0.5, 0.6) is 11.5 Å². The lowest BCUT2D eigenvalue weighted by atomic mass is 9.96. The van der Waals surface area contributed by atoms with Crippen molar-refractivity contribution in [3.05, 3.63) is 71.1 Å². The normalized spacial score (nSPS) is 22.4. The predicted octanol–water partition coefficient (Wildman–Crippen LogP) is 6.76. The van der Waals surface area contributed by atoms with Crippen LogP contribution in [0.25, 0.3) is 0 Å². The van der Waals surface area contributed by atoms with E-state index in [4.69, 9.17) is 15.6 Å². The molecule has 3 fully saturated rings. The SMILES string of the molecule is CC(C)C(=N)/C=C\C(=N)c1ccc(Oc2cc(C(=O)N[C@@H]3CCN(C4CCN(CC(F)(F)F)CC4)C[C@@H]3F)c(F)cc2CN2C[C@@H](C)CC2=O)cc1. The van der Waals surface area contributed by atoms with E-state index in [1.54, 1.807) is 41.3 Å². The van der Waals surface area contributed by atoms with Crippen LogP contribution in [0.15, 0.2) is 48.6 Å². The van der Waals surface area contributed by atoms with Crippen LogP contribution in [0.1, 0.15) is 67.9 Å². The number of benzene rings is 2. The summed E-state index contributed by atoms with van der Waals surface area (Å²) in [5, 5.41) is 19.0. The predicted molar refractivity (Wildman–Crippen MR) is 189 cm³/mol.